The first-order valence-electron chi connectivity index (χ1n) is 9.13. The zero-order chi connectivity index (χ0) is 19.9. The molecule has 2 aromatic heterocycles. The predicted octanol–water partition coefficient (Wildman–Crippen LogP) is 3.60. The van der Waals surface area contributed by atoms with Gasteiger partial charge in [0.15, 0.2) is 5.65 Å². The quantitative estimate of drug-likeness (QED) is 0.714. The van der Waals surface area contributed by atoms with Crippen molar-refractivity contribution in [3.8, 4) is 11.3 Å². The van der Waals surface area contributed by atoms with E-state index in [4.69, 9.17) is 5.73 Å². The molecule has 0 amide bonds. The van der Waals surface area contributed by atoms with Crippen LogP contribution in [0.4, 0.5) is 19.0 Å². The van der Waals surface area contributed by atoms with Crippen molar-refractivity contribution in [2.24, 2.45) is 11.1 Å². The second-order valence-corrected chi connectivity index (χ2v) is 7.58. The van der Waals surface area contributed by atoms with Crippen molar-refractivity contribution in [1.29, 1.82) is 0 Å². The van der Waals surface area contributed by atoms with Gasteiger partial charge < -0.3 is 10.6 Å². The maximum absolute atomic E-state index is 13.0. The zero-order valence-electron chi connectivity index (χ0n) is 15.4. The molecule has 0 atom stereocenters. The van der Waals surface area contributed by atoms with Gasteiger partial charge in [0.1, 0.15) is 17.0 Å². The molecule has 0 radical (unpaired) electrons. The smallest absolute Gasteiger partial charge is 0.355 e. The average Bonchev–Trinajstić information content (AvgIpc) is 3.11. The van der Waals surface area contributed by atoms with Crippen molar-refractivity contribution < 1.29 is 13.2 Å². The summed E-state index contributed by atoms with van der Waals surface area (Å²) in [6.45, 7) is 4.52. The second kappa shape index (κ2) is 6.73. The van der Waals surface area contributed by atoms with Crippen LogP contribution in [0.15, 0.2) is 30.5 Å². The van der Waals surface area contributed by atoms with Gasteiger partial charge in [-0.25, -0.2) is 9.97 Å². The number of aromatic nitrogens is 4. The predicted molar refractivity (Wildman–Crippen MR) is 101 cm³/mol. The van der Waals surface area contributed by atoms with Crippen LogP contribution in [0, 0.1) is 5.41 Å². The van der Waals surface area contributed by atoms with E-state index in [0.717, 1.165) is 43.9 Å². The Morgan fingerprint density at radius 2 is 2.00 bits per heavy atom. The molecule has 3 heterocycles. The summed E-state index contributed by atoms with van der Waals surface area (Å²) in [7, 11) is 0. The molecule has 0 saturated carbocycles. The van der Waals surface area contributed by atoms with Crippen LogP contribution in [0.5, 0.6) is 0 Å². The van der Waals surface area contributed by atoms with Crippen LogP contribution in [0.3, 0.4) is 0 Å². The first-order chi connectivity index (χ1) is 13.3. The molecule has 148 valence electrons. The highest BCUT2D eigenvalue weighted by Gasteiger charge is 2.31. The van der Waals surface area contributed by atoms with E-state index in [-0.39, 0.29) is 5.41 Å². The number of piperidine rings is 1. The largest absolute Gasteiger partial charge is 0.416 e. The van der Waals surface area contributed by atoms with E-state index in [9.17, 15) is 13.2 Å². The molecule has 3 N–H and O–H groups in total. The first-order valence-corrected chi connectivity index (χ1v) is 9.13. The lowest BCUT2D eigenvalue weighted by Crippen LogP contribution is -2.42. The highest BCUT2D eigenvalue weighted by atomic mass is 19.4. The van der Waals surface area contributed by atoms with Gasteiger partial charge in [-0.2, -0.15) is 18.3 Å². The Balaban J connectivity index is 1.63. The summed E-state index contributed by atoms with van der Waals surface area (Å²) < 4.78 is 39.0. The highest BCUT2D eigenvalue weighted by molar-refractivity contribution is 5.88. The minimum Gasteiger partial charge on any atom is -0.355 e. The normalized spacial score (nSPS) is 17.2. The molecule has 1 aliphatic rings. The van der Waals surface area contributed by atoms with Crippen LogP contribution in [-0.4, -0.2) is 39.8 Å². The molecular weight excluding hydrogens is 369 g/mol. The zero-order valence-corrected chi connectivity index (χ0v) is 15.4. The Morgan fingerprint density at radius 3 is 2.68 bits per heavy atom. The number of nitrogens with two attached hydrogens (primary N) is 1. The lowest BCUT2D eigenvalue weighted by atomic mass is 9.80. The number of benzene rings is 1. The number of hydrogen-bond donors (Lipinski definition) is 2. The Kier molecular flexibility index (Phi) is 4.49. The summed E-state index contributed by atoms with van der Waals surface area (Å²) >= 11 is 0. The fourth-order valence-electron chi connectivity index (χ4n) is 3.47. The summed E-state index contributed by atoms with van der Waals surface area (Å²) in [6.07, 6.45) is -0.809. The van der Waals surface area contributed by atoms with E-state index in [2.05, 4.69) is 32.0 Å². The minimum absolute atomic E-state index is 0.151. The number of anilines is 1. The molecule has 4 rings (SSSR count). The number of halogens is 3. The van der Waals surface area contributed by atoms with Gasteiger partial charge in [-0.3, -0.25) is 5.10 Å². The van der Waals surface area contributed by atoms with E-state index in [1.54, 1.807) is 12.3 Å². The Labute approximate surface area is 160 Å². The summed E-state index contributed by atoms with van der Waals surface area (Å²) in [6, 6.07) is 5.05. The number of rotatable bonds is 3. The van der Waals surface area contributed by atoms with Crippen LogP contribution < -0.4 is 10.6 Å². The van der Waals surface area contributed by atoms with Gasteiger partial charge in [0.2, 0.25) is 0 Å². The fraction of sp³-hybridized carbons (Fsp3) is 0.421. The van der Waals surface area contributed by atoms with Crippen LogP contribution in [0.1, 0.15) is 25.3 Å². The maximum atomic E-state index is 13.0. The van der Waals surface area contributed by atoms with Crippen LogP contribution in [0.25, 0.3) is 22.4 Å². The lowest BCUT2D eigenvalue weighted by Gasteiger charge is -2.39. The molecule has 0 unspecified atom stereocenters. The topological polar surface area (TPSA) is 83.7 Å². The van der Waals surface area contributed by atoms with E-state index in [1.165, 1.54) is 6.07 Å². The summed E-state index contributed by atoms with van der Waals surface area (Å²) in [4.78, 5) is 11.2. The van der Waals surface area contributed by atoms with Gasteiger partial charge in [-0.05, 0) is 36.9 Å². The third kappa shape index (κ3) is 3.42. The number of hydrogen-bond acceptors (Lipinski definition) is 5. The monoisotopic (exact) mass is 390 g/mol. The molecule has 1 aliphatic heterocycles. The number of nitrogens with one attached hydrogen (secondary N) is 1. The van der Waals surface area contributed by atoms with E-state index >= 15 is 0 Å². The summed E-state index contributed by atoms with van der Waals surface area (Å²) in [5.41, 5.74) is 6.90. The summed E-state index contributed by atoms with van der Waals surface area (Å²) in [5.74, 6) is 0.728. The van der Waals surface area contributed by atoms with Crippen molar-refractivity contribution in [2.45, 2.75) is 25.9 Å². The van der Waals surface area contributed by atoms with E-state index < -0.39 is 11.7 Å². The van der Waals surface area contributed by atoms with Crippen molar-refractivity contribution in [3.05, 3.63) is 36.0 Å². The number of H-pyrrole nitrogens is 1. The van der Waals surface area contributed by atoms with Crippen molar-refractivity contribution in [2.75, 3.05) is 24.5 Å². The minimum atomic E-state index is -4.41. The molecule has 0 aliphatic carbocycles. The van der Waals surface area contributed by atoms with Gasteiger partial charge in [0.05, 0.1) is 11.8 Å². The standard InChI is InChI=1S/C19H21F3N6/c1-18(11-23)5-7-28(8-6-18)14-10-24-16-15(26-27-17(16)25-14)12-3-2-4-13(9-12)19(20,21)22/h2-4,9-10H,5-8,11,23H2,1H3,(H,25,26,27). The molecule has 6 nitrogen and oxygen atoms in total. The lowest BCUT2D eigenvalue weighted by molar-refractivity contribution is -0.137. The first kappa shape index (κ1) is 18.7. The molecule has 1 aromatic carbocycles. The van der Waals surface area contributed by atoms with Gasteiger partial charge in [-0.15, -0.1) is 0 Å². The van der Waals surface area contributed by atoms with E-state index in [0.29, 0.717) is 29.0 Å². The molecule has 9 heteroatoms. The summed E-state index contributed by atoms with van der Waals surface area (Å²) in [5, 5.41) is 6.96. The third-order valence-corrected chi connectivity index (χ3v) is 5.51. The number of nitrogens with zero attached hydrogens (tertiary/aromatic N) is 4. The highest BCUT2D eigenvalue weighted by Crippen LogP contribution is 2.34. The SMILES string of the molecule is CC1(CN)CCN(c2cnc3c(-c4cccc(C(F)(F)F)c4)n[nH]c3n2)CC1. The number of aromatic amines is 1. The number of alkyl halides is 3. The van der Waals surface area contributed by atoms with Crippen LogP contribution in [0.2, 0.25) is 0 Å². The van der Waals surface area contributed by atoms with Crippen LogP contribution in [-0.2, 0) is 6.18 Å². The molecule has 1 saturated heterocycles. The Hall–Kier alpha value is -2.68. The van der Waals surface area contributed by atoms with Crippen molar-refractivity contribution >= 4 is 17.0 Å². The van der Waals surface area contributed by atoms with Gasteiger partial charge in [-0.1, -0.05) is 19.1 Å². The fourth-order valence-corrected chi connectivity index (χ4v) is 3.47. The number of fused-ring (bicyclic) bond motifs is 1. The molecule has 1 fully saturated rings. The Bertz CT molecular complexity index is 989. The van der Waals surface area contributed by atoms with E-state index in [1.807, 2.05) is 0 Å². The molecule has 0 bridgehead atoms. The molecular formula is C19H21F3N6. The third-order valence-electron chi connectivity index (χ3n) is 5.51. The average molecular weight is 390 g/mol. The second-order valence-electron chi connectivity index (χ2n) is 7.58. The molecule has 28 heavy (non-hydrogen) atoms. The molecule has 3 aromatic rings. The van der Waals surface area contributed by atoms with Crippen molar-refractivity contribution in [3.63, 3.8) is 0 Å². The van der Waals surface area contributed by atoms with Gasteiger partial charge in [0.25, 0.3) is 0 Å². The van der Waals surface area contributed by atoms with Gasteiger partial charge in [0, 0.05) is 18.7 Å². The van der Waals surface area contributed by atoms with Crippen molar-refractivity contribution in [1.82, 2.24) is 20.2 Å². The van der Waals surface area contributed by atoms with Crippen LogP contribution >= 0.6 is 0 Å². The Morgan fingerprint density at radius 1 is 1.25 bits per heavy atom. The molecule has 0 spiro atoms. The van der Waals surface area contributed by atoms with Gasteiger partial charge >= 0.3 is 6.18 Å². The maximum Gasteiger partial charge on any atom is 0.416 e.